The SMILES string of the molecule is O=c1c2c(-c3ccc(Cl)cc3)csc2nc2n1CCc1c-2[nH]c2ccccc12. The minimum atomic E-state index is 0.0236. The Bertz CT molecular complexity index is 1440. The summed E-state index contributed by atoms with van der Waals surface area (Å²) in [5.41, 5.74) is 5.23. The maximum atomic E-state index is 13.4. The molecular formula is C22H14ClN3OS. The predicted octanol–water partition coefficient (Wildman–Crippen LogP) is 5.48. The van der Waals surface area contributed by atoms with E-state index in [9.17, 15) is 4.79 Å². The minimum absolute atomic E-state index is 0.0236. The summed E-state index contributed by atoms with van der Waals surface area (Å²) in [4.78, 5) is 22.6. The van der Waals surface area contributed by atoms with E-state index in [1.54, 1.807) is 0 Å². The van der Waals surface area contributed by atoms with Crippen LogP contribution >= 0.6 is 22.9 Å². The zero-order chi connectivity index (χ0) is 18.8. The van der Waals surface area contributed by atoms with Crippen molar-refractivity contribution in [1.82, 2.24) is 14.5 Å². The molecule has 2 aromatic carbocycles. The Morgan fingerprint density at radius 2 is 1.93 bits per heavy atom. The molecule has 0 radical (unpaired) electrons. The first-order chi connectivity index (χ1) is 13.7. The molecule has 4 nitrogen and oxygen atoms in total. The number of benzene rings is 2. The average molecular weight is 404 g/mol. The number of aryl methyl sites for hydroxylation is 1. The van der Waals surface area contributed by atoms with Gasteiger partial charge in [0.15, 0.2) is 5.82 Å². The van der Waals surface area contributed by atoms with Gasteiger partial charge in [-0.25, -0.2) is 4.98 Å². The average Bonchev–Trinajstić information content (AvgIpc) is 3.31. The van der Waals surface area contributed by atoms with Gasteiger partial charge < -0.3 is 4.98 Å². The number of hydrogen-bond donors (Lipinski definition) is 1. The van der Waals surface area contributed by atoms with Gasteiger partial charge in [-0.2, -0.15) is 0 Å². The summed E-state index contributed by atoms with van der Waals surface area (Å²) in [5.74, 6) is 0.736. The quantitative estimate of drug-likeness (QED) is 0.402. The van der Waals surface area contributed by atoms with Gasteiger partial charge in [-0.1, -0.05) is 41.9 Å². The molecule has 1 N–H and O–H groups in total. The normalized spacial score (nSPS) is 13.0. The first-order valence-corrected chi connectivity index (χ1v) is 10.3. The summed E-state index contributed by atoms with van der Waals surface area (Å²) >= 11 is 7.53. The van der Waals surface area contributed by atoms with E-state index in [4.69, 9.17) is 16.6 Å². The lowest BCUT2D eigenvalue weighted by atomic mass is 10.0. The predicted molar refractivity (Wildman–Crippen MR) is 115 cm³/mol. The Morgan fingerprint density at radius 1 is 1.11 bits per heavy atom. The summed E-state index contributed by atoms with van der Waals surface area (Å²) in [5, 5.41) is 4.60. The van der Waals surface area contributed by atoms with Crippen LogP contribution in [0.3, 0.4) is 0 Å². The molecule has 6 rings (SSSR count). The van der Waals surface area contributed by atoms with Gasteiger partial charge in [0, 0.05) is 33.4 Å². The third-order valence-electron chi connectivity index (χ3n) is 5.47. The van der Waals surface area contributed by atoms with Crippen LogP contribution in [0.4, 0.5) is 0 Å². The van der Waals surface area contributed by atoms with Gasteiger partial charge in [0.1, 0.15) is 4.83 Å². The second kappa shape index (κ2) is 5.80. The Morgan fingerprint density at radius 3 is 2.79 bits per heavy atom. The van der Waals surface area contributed by atoms with Crippen molar-refractivity contribution >= 4 is 44.1 Å². The van der Waals surface area contributed by atoms with Crippen LogP contribution in [-0.4, -0.2) is 14.5 Å². The van der Waals surface area contributed by atoms with Crippen LogP contribution in [0.15, 0.2) is 58.7 Å². The zero-order valence-corrected chi connectivity index (χ0v) is 16.3. The maximum absolute atomic E-state index is 13.4. The standard InChI is InChI=1S/C22H14ClN3OS/c23-13-7-5-12(6-8-13)16-11-28-21-18(16)22(27)26-10-9-15-14-3-1-2-4-17(14)24-19(15)20(26)25-21/h1-8,11,24H,9-10H2. The van der Waals surface area contributed by atoms with E-state index in [0.717, 1.165) is 39.4 Å². The number of thiophene rings is 1. The topological polar surface area (TPSA) is 50.7 Å². The van der Waals surface area contributed by atoms with Crippen LogP contribution < -0.4 is 5.56 Å². The van der Waals surface area contributed by atoms with Crippen LogP contribution in [0.1, 0.15) is 5.56 Å². The third kappa shape index (κ3) is 2.17. The van der Waals surface area contributed by atoms with Crippen molar-refractivity contribution in [2.24, 2.45) is 0 Å². The van der Waals surface area contributed by atoms with Crippen molar-refractivity contribution in [3.8, 4) is 22.6 Å². The van der Waals surface area contributed by atoms with E-state index in [2.05, 4.69) is 17.1 Å². The summed E-state index contributed by atoms with van der Waals surface area (Å²) in [7, 11) is 0. The summed E-state index contributed by atoms with van der Waals surface area (Å²) in [6.07, 6.45) is 0.819. The lowest BCUT2D eigenvalue weighted by molar-refractivity contribution is 0.653. The fourth-order valence-corrected chi connectivity index (χ4v) is 5.20. The fraction of sp³-hybridized carbons (Fsp3) is 0.0909. The zero-order valence-electron chi connectivity index (χ0n) is 14.7. The Kier molecular flexibility index (Phi) is 3.34. The number of H-pyrrole nitrogens is 1. The minimum Gasteiger partial charge on any atom is -0.352 e. The van der Waals surface area contributed by atoms with E-state index >= 15 is 0 Å². The molecule has 3 aromatic heterocycles. The molecule has 6 heteroatoms. The van der Waals surface area contributed by atoms with Crippen LogP contribution in [0.25, 0.3) is 43.8 Å². The van der Waals surface area contributed by atoms with Gasteiger partial charge in [0.05, 0.1) is 11.1 Å². The van der Waals surface area contributed by atoms with E-state index in [1.165, 1.54) is 22.3 Å². The molecule has 4 heterocycles. The highest BCUT2D eigenvalue weighted by Gasteiger charge is 2.25. The molecule has 28 heavy (non-hydrogen) atoms. The molecule has 0 bridgehead atoms. The molecule has 0 aliphatic carbocycles. The second-order valence-electron chi connectivity index (χ2n) is 7.00. The molecule has 0 saturated carbocycles. The molecule has 0 unspecified atom stereocenters. The molecule has 0 fully saturated rings. The van der Waals surface area contributed by atoms with E-state index in [0.29, 0.717) is 17.0 Å². The molecular weight excluding hydrogens is 390 g/mol. The molecule has 0 spiro atoms. The smallest absolute Gasteiger partial charge is 0.263 e. The van der Waals surface area contributed by atoms with Crippen LogP contribution in [0, 0.1) is 0 Å². The molecule has 0 saturated heterocycles. The first-order valence-electron chi connectivity index (χ1n) is 9.08. The van der Waals surface area contributed by atoms with Gasteiger partial charge in [0.2, 0.25) is 0 Å². The number of nitrogens with zero attached hydrogens (tertiary/aromatic N) is 2. The molecule has 1 aliphatic heterocycles. The van der Waals surface area contributed by atoms with Gasteiger partial charge in [0.25, 0.3) is 5.56 Å². The van der Waals surface area contributed by atoms with Gasteiger partial charge >= 0.3 is 0 Å². The van der Waals surface area contributed by atoms with Crippen LogP contribution in [0.5, 0.6) is 0 Å². The van der Waals surface area contributed by atoms with E-state index in [-0.39, 0.29) is 5.56 Å². The second-order valence-corrected chi connectivity index (χ2v) is 8.30. The van der Waals surface area contributed by atoms with Crippen molar-refractivity contribution in [3.05, 3.63) is 74.9 Å². The van der Waals surface area contributed by atoms with E-state index in [1.807, 2.05) is 46.3 Å². The first kappa shape index (κ1) is 16.1. The highest BCUT2D eigenvalue weighted by Crippen LogP contribution is 2.36. The van der Waals surface area contributed by atoms with Gasteiger partial charge in [-0.15, -0.1) is 11.3 Å². The monoisotopic (exact) mass is 403 g/mol. The number of para-hydroxylation sites is 1. The van der Waals surface area contributed by atoms with Gasteiger partial charge in [-0.3, -0.25) is 9.36 Å². The lowest BCUT2D eigenvalue weighted by Gasteiger charge is -2.18. The van der Waals surface area contributed by atoms with Crippen molar-refractivity contribution in [2.45, 2.75) is 13.0 Å². The van der Waals surface area contributed by atoms with Crippen molar-refractivity contribution < 1.29 is 0 Å². The number of aromatic nitrogens is 3. The fourth-order valence-electron chi connectivity index (χ4n) is 4.14. The summed E-state index contributed by atoms with van der Waals surface area (Å²) in [6.45, 7) is 0.641. The molecule has 0 atom stereocenters. The number of fused-ring (bicyclic) bond motifs is 6. The number of halogens is 1. The van der Waals surface area contributed by atoms with Gasteiger partial charge in [-0.05, 0) is 35.7 Å². The number of aromatic amines is 1. The highest BCUT2D eigenvalue weighted by molar-refractivity contribution is 7.17. The van der Waals surface area contributed by atoms with E-state index < -0.39 is 0 Å². The maximum Gasteiger partial charge on any atom is 0.263 e. The molecule has 0 amide bonds. The van der Waals surface area contributed by atoms with Crippen molar-refractivity contribution in [2.75, 3.05) is 0 Å². The summed E-state index contributed by atoms with van der Waals surface area (Å²) < 4.78 is 1.81. The van der Waals surface area contributed by atoms with Crippen molar-refractivity contribution in [3.63, 3.8) is 0 Å². The number of nitrogens with one attached hydrogen (secondary N) is 1. The largest absolute Gasteiger partial charge is 0.352 e. The Balaban J connectivity index is 1.63. The molecule has 136 valence electrons. The molecule has 5 aromatic rings. The van der Waals surface area contributed by atoms with Crippen LogP contribution in [0.2, 0.25) is 5.02 Å². The summed E-state index contributed by atoms with van der Waals surface area (Å²) in [6, 6.07) is 15.9. The van der Waals surface area contributed by atoms with Crippen LogP contribution in [-0.2, 0) is 13.0 Å². The highest BCUT2D eigenvalue weighted by atomic mass is 35.5. The van der Waals surface area contributed by atoms with Crippen molar-refractivity contribution in [1.29, 1.82) is 0 Å². The Hall–Kier alpha value is -2.89. The molecule has 1 aliphatic rings. The number of hydrogen-bond acceptors (Lipinski definition) is 3. The lowest BCUT2D eigenvalue weighted by Crippen LogP contribution is -2.27. The Labute approximate surface area is 169 Å². The third-order valence-corrected chi connectivity index (χ3v) is 6.60. The number of rotatable bonds is 1.